The zero-order chi connectivity index (χ0) is 14.1. The van der Waals surface area contributed by atoms with Gasteiger partial charge < -0.3 is 9.55 Å². The third-order valence-corrected chi connectivity index (χ3v) is 3.62. The second kappa shape index (κ2) is 5.17. The average molecular weight is 290 g/mol. The summed E-state index contributed by atoms with van der Waals surface area (Å²) in [5.74, 6) is -0.561. The molecule has 1 N–H and O–H groups in total. The fourth-order valence-corrected chi connectivity index (χ4v) is 2.55. The Morgan fingerprint density at radius 3 is 2.55 bits per heavy atom. The van der Waals surface area contributed by atoms with Gasteiger partial charge in [-0.05, 0) is 48.5 Å². The van der Waals surface area contributed by atoms with Crippen molar-refractivity contribution >= 4 is 23.3 Å². The van der Waals surface area contributed by atoms with E-state index in [1.165, 1.54) is 18.2 Å². The van der Waals surface area contributed by atoms with Gasteiger partial charge in [-0.15, -0.1) is 0 Å². The van der Waals surface area contributed by atoms with Gasteiger partial charge in [-0.1, -0.05) is 18.2 Å². The molecular formula is C15H12F2N2S. The molecule has 0 fully saturated rings. The van der Waals surface area contributed by atoms with Crippen LogP contribution in [-0.4, -0.2) is 9.55 Å². The molecule has 0 bridgehead atoms. The summed E-state index contributed by atoms with van der Waals surface area (Å²) in [6.07, 6.45) is 0.706. The maximum Gasteiger partial charge on any atom is 0.178 e. The molecule has 0 saturated carbocycles. The molecule has 0 aliphatic carbocycles. The number of hydrogen-bond donors (Lipinski definition) is 1. The van der Waals surface area contributed by atoms with Crippen molar-refractivity contribution in [2.24, 2.45) is 0 Å². The highest BCUT2D eigenvalue weighted by Crippen LogP contribution is 2.18. The topological polar surface area (TPSA) is 20.7 Å². The molecule has 0 radical (unpaired) electrons. The first-order chi connectivity index (χ1) is 9.65. The number of fused-ring (bicyclic) bond motifs is 1. The van der Waals surface area contributed by atoms with Crippen molar-refractivity contribution in [1.29, 1.82) is 0 Å². The van der Waals surface area contributed by atoms with Gasteiger partial charge in [-0.25, -0.2) is 8.78 Å². The van der Waals surface area contributed by atoms with Crippen LogP contribution in [0.4, 0.5) is 8.78 Å². The van der Waals surface area contributed by atoms with E-state index in [-0.39, 0.29) is 11.6 Å². The van der Waals surface area contributed by atoms with Crippen molar-refractivity contribution in [2.75, 3.05) is 0 Å². The third kappa shape index (κ3) is 2.36. The fourth-order valence-electron chi connectivity index (χ4n) is 2.26. The number of nitrogens with one attached hydrogen (secondary N) is 1. The van der Waals surface area contributed by atoms with E-state index in [9.17, 15) is 8.78 Å². The predicted octanol–water partition coefficient (Wildman–Crippen LogP) is 4.22. The summed E-state index contributed by atoms with van der Waals surface area (Å²) in [6, 6.07) is 11.2. The molecule has 1 heterocycles. The van der Waals surface area contributed by atoms with E-state index >= 15 is 0 Å². The van der Waals surface area contributed by atoms with Crippen LogP contribution in [0.15, 0.2) is 42.5 Å². The standard InChI is InChI=1S/C15H12F2N2S/c16-11-6-4-10(5-7-11)8-9-19-13-3-1-2-12(17)14(13)18-15(19)20/h1-7H,8-9H2,(H,18,20). The fraction of sp³-hybridized carbons (Fsp3) is 0.133. The van der Waals surface area contributed by atoms with Gasteiger partial charge in [0.05, 0.1) is 5.52 Å². The molecule has 20 heavy (non-hydrogen) atoms. The molecule has 0 aliphatic heterocycles. The van der Waals surface area contributed by atoms with Gasteiger partial charge in [0.15, 0.2) is 4.77 Å². The number of aromatic amines is 1. The first-order valence-electron chi connectivity index (χ1n) is 6.26. The van der Waals surface area contributed by atoms with E-state index in [0.717, 1.165) is 11.1 Å². The number of rotatable bonds is 3. The Kier molecular flexibility index (Phi) is 3.36. The van der Waals surface area contributed by atoms with Crippen LogP contribution in [0, 0.1) is 16.4 Å². The molecule has 2 nitrogen and oxygen atoms in total. The molecule has 3 rings (SSSR count). The Morgan fingerprint density at radius 1 is 1.05 bits per heavy atom. The van der Waals surface area contributed by atoms with Gasteiger partial charge in [0.1, 0.15) is 17.2 Å². The zero-order valence-corrected chi connectivity index (χ0v) is 11.4. The van der Waals surface area contributed by atoms with E-state index < -0.39 is 0 Å². The number of aryl methyl sites for hydroxylation is 2. The molecule has 0 aliphatic rings. The summed E-state index contributed by atoms with van der Waals surface area (Å²) in [7, 11) is 0. The molecule has 0 amide bonds. The molecule has 5 heteroatoms. The predicted molar refractivity (Wildman–Crippen MR) is 77.2 cm³/mol. The highest BCUT2D eigenvalue weighted by molar-refractivity contribution is 7.71. The Labute approximate surface area is 119 Å². The van der Waals surface area contributed by atoms with Crippen LogP contribution in [0.2, 0.25) is 0 Å². The SMILES string of the molecule is Fc1ccc(CCn2c(=S)[nH]c3c(F)cccc32)cc1. The number of imidazole rings is 1. The Hall–Kier alpha value is -2.01. The molecule has 0 atom stereocenters. The molecule has 0 spiro atoms. The molecular weight excluding hydrogens is 278 g/mol. The lowest BCUT2D eigenvalue weighted by atomic mass is 10.1. The number of nitrogens with zero attached hydrogens (tertiary/aromatic N) is 1. The van der Waals surface area contributed by atoms with Gasteiger partial charge in [0.25, 0.3) is 0 Å². The van der Waals surface area contributed by atoms with Crippen LogP contribution < -0.4 is 0 Å². The normalized spacial score (nSPS) is 11.1. The first-order valence-corrected chi connectivity index (χ1v) is 6.67. The van der Waals surface area contributed by atoms with Crippen LogP contribution in [0.25, 0.3) is 11.0 Å². The lowest BCUT2D eigenvalue weighted by Gasteiger charge is -2.05. The zero-order valence-electron chi connectivity index (χ0n) is 10.6. The lowest BCUT2D eigenvalue weighted by molar-refractivity contribution is 0.625. The first kappa shape index (κ1) is 13.0. The van der Waals surface area contributed by atoms with Gasteiger partial charge >= 0.3 is 0 Å². The summed E-state index contributed by atoms with van der Waals surface area (Å²) in [4.78, 5) is 2.88. The van der Waals surface area contributed by atoms with Crippen molar-refractivity contribution in [2.45, 2.75) is 13.0 Å². The Balaban J connectivity index is 1.91. The summed E-state index contributed by atoms with van der Waals surface area (Å²) >= 11 is 5.23. The monoisotopic (exact) mass is 290 g/mol. The molecule has 0 unspecified atom stereocenters. The number of para-hydroxylation sites is 1. The van der Waals surface area contributed by atoms with Crippen molar-refractivity contribution in [1.82, 2.24) is 9.55 Å². The summed E-state index contributed by atoms with van der Waals surface area (Å²) in [6.45, 7) is 0.619. The van der Waals surface area contributed by atoms with Crippen molar-refractivity contribution in [3.63, 3.8) is 0 Å². The molecule has 2 aromatic carbocycles. The number of benzene rings is 2. The van der Waals surface area contributed by atoms with E-state index in [1.807, 2.05) is 10.6 Å². The van der Waals surface area contributed by atoms with Gasteiger partial charge in [-0.2, -0.15) is 0 Å². The maximum atomic E-state index is 13.7. The van der Waals surface area contributed by atoms with Gasteiger partial charge in [-0.3, -0.25) is 0 Å². The number of H-pyrrole nitrogens is 1. The second-order valence-electron chi connectivity index (χ2n) is 4.59. The molecule has 102 valence electrons. The number of hydrogen-bond acceptors (Lipinski definition) is 1. The van der Waals surface area contributed by atoms with Crippen LogP contribution in [0.3, 0.4) is 0 Å². The smallest absolute Gasteiger partial charge is 0.178 e. The quantitative estimate of drug-likeness (QED) is 0.716. The van der Waals surface area contributed by atoms with Crippen molar-refractivity contribution in [3.8, 4) is 0 Å². The van der Waals surface area contributed by atoms with Crippen LogP contribution in [-0.2, 0) is 13.0 Å². The van der Waals surface area contributed by atoms with Crippen LogP contribution in [0.5, 0.6) is 0 Å². The number of halogens is 2. The van der Waals surface area contributed by atoms with E-state index in [2.05, 4.69) is 4.98 Å². The largest absolute Gasteiger partial charge is 0.328 e. The summed E-state index contributed by atoms with van der Waals surface area (Å²) in [5, 5.41) is 0. The third-order valence-electron chi connectivity index (χ3n) is 3.30. The summed E-state index contributed by atoms with van der Waals surface area (Å²) in [5.41, 5.74) is 2.19. The van der Waals surface area contributed by atoms with E-state index in [0.29, 0.717) is 23.3 Å². The molecule has 3 aromatic rings. The average Bonchev–Trinajstić information content (AvgIpc) is 2.76. The van der Waals surface area contributed by atoms with Crippen LogP contribution in [0.1, 0.15) is 5.56 Å². The van der Waals surface area contributed by atoms with Crippen molar-refractivity contribution < 1.29 is 8.78 Å². The number of aromatic nitrogens is 2. The minimum Gasteiger partial charge on any atom is -0.328 e. The van der Waals surface area contributed by atoms with Crippen LogP contribution >= 0.6 is 12.2 Å². The second-order valence-corrected chi connectivity index (χ2v) is 4.98. The minimum atomic E-state index is -0.311. The lowest BCUT2D eigenvalue weighted by Crippen LogP contribution is -2.01. The van der Waals surface area contributed by atoms with Gasteiger partial charge in [0.2, 0.25) is 0 Å². The Bertz CT molecular complexity index is 803. The highest BCUT2D eigenvalue weighted by atomic mass is 32.1. The summed E-state index contributed by atoms with van der Waals surface area (Å²) < 4.78 is 28.9. The van der Waals surface area contributed by atoms with E-state index in [4.69, 9.17) is 12.2 Å². The molecule has 0 saturated heterocycles. The van der Waals surface area contributed by atoms with Crippen molar-refractivity contribution in [3.05, 3.63) is 64.4 Å². The van der Waals surface area contributed by atoms with E-state index in [1.54, 1.807) is 18.2 Å². The van der Waals surface area contributed by atoms with Gasteiger partial charge in [0, 0.05) is 6.54 Å². The molecule has 1 aromatic heterocycles. The Morgan fingerprint density at radius 2 is 1.80 bits per heavy atom. The maximum absolute atomic E-state index is 13.7. The highest BCUT2D eigenvalue weighted by Gasteiger charge is 2.08. The minimum absolute atomic E-state index is 0.250.